The molecule has 3 N–H and O–H groups in total. The van der Waals surface area contributed by atoms with E-state index in [1.165, 1.54) is 33.7 Å². The molecular formula is C23H24Cl2F4N6O2. The predicted octanol–water partition coefficient (Wildman–Crippen LogP) is 3.93. The van der Waals surface area contributed by atoms with E-state index in [9.17, 15) is 17.6 Å². The molecule has 1 aliphatic heterocycles. The Kier molecular flexibility index (Phi) is 8.81. The number of fused-ring (bicyclic) bond motifs is 2. The van der Waals surface area contributed by atoms with E-state index < -0.39 is 18.0 Å². The summed E-state index contributed by atoms with van der Waals surface area (Å²) in [5.41, 5.74) is 6.89. The lowest BCUT2D eigenvalue weighted by Crippen LogP contribution is -2.38. The van der Waals surface area contributed by atoms with Gasteiger partial charge in [-0.1, -0.05) is 12.1 Å². The van der Waals surface area contributed by atoms with Gasteiger partial charge in [-0.05, 0) is 30.2 Å². The highest BCUT2D eigenvalue weighted by Crippen LogP contribution is 2.39. The maximum atomic E-state index is 14.1. The van der Waals surface area contributed by atoms with Crippen LogP contribution in [-0.4, -0.2) is 68.1 Å². The lowest BCUT2D eigenvalue weighted by Gasteiger charge is -2.30. The second-order valence-corrected chi connectivity index (χ2v) is 8.45. The zero-order chi connectivity index (χ0) is 24.7. The van der Waals surface area contributed by atoms with Gasteiger partial charge in [0.15, 0.2) is 11.5 Å². The number of hydrogen-bond donors (Lipinski definition) is 2. The lowest BCUT2D eigenvalue weighted by atomic mass is 10.1. The van der Waals surface area contributed by atoms with Crippen LogP contribution in [0.15, 0.2) is 42.6 Å². The molecule has 0 saturated carbocycles. The summed E-state index contributed by atoms with van der Waals surface area (Å²) in [5.74, 6) is -0.175. The number of nitrogens with zero attached hydrogens (tertiary/aromatic N) is 5. The minimum atomic E-state index is -4.50. The Hall–Kier alpha value is -2.77. The zero-order valence-electron chi connectivity index (χ0n) is 19.2. The fourth-order valence-electron chi connectivity index (χ4n) is 4.46. The number of nitrogens with two attached hydrogens (primary N) is 1. The SMILES string of the molecule is Cl.Cl.NC1CCN([C@H](c2ccc3nnc(-c4ccc5cc(F)cc(OCCO)c5n4)n3c2)C(F)(F)F)C1. The number of ether oxygens (including phenoxy) is 1. The molecule has 14 heteroatoms. The standard InChI is InChI=1S/C23H22F4N6O2.2ClH/c24-15-9-13-1-3-17(29-20(13)18(10-15)35-8-7-34)22-31-30-19-4-2-14(11-33(19)22)21(23(25,26)27)32-6-5-16(28)12-32;;/h1-4,9-11,16,21,34H,5-8,12,28H2;2*1H/t16?,21-;;/m1../s1. The van der Waals surface area contributed by atoms with Crippen LogP contribution in [-0.2, 0) is 0 Å². The highest BCUT2D eigenvalue weighted by molar-refractivity contribution is 5.86. The van der Waals surface area contributed by atoms with Crippen molar-refractivity contribution in [2.45, 2.75) is 24.7 Å². The van der Waals surface area contributed by atoms with E-state index in [0.29, 0.717) is 28.7 Å². The first-order chi connectivity index (χ1) is 16.7. The van der Waals surface area contributed by atoms with Gasteiger partial charge in [0.2, 0.25) is 0 Å². The Bertz CT molecular complexity index is 1390. The Morgan fingerprint density at radius 1 is 1.14 bits per heavy atom. The number of likely N-dealkylation sites (tertiary alicyclic amines) is 1. The number of hydrogen-bond acceptors (Lipinski definition) is 7. The minimum Gasteiger partial charge on any atom is -0.489 e. The van der Waals surface area contributed by atoms with Crippen molar-refractivity contribution in [1.29, 1.82) is 0 Å². The van der Waals surface area contributed by atoms with Crippen molar-refractivity contribution in [1.82, 2.24) is 24.5 Å². The average molecular weight is 563 g/mol. The second kappa shape index (κ2) is 11.3. The molecule has 4 heterocycles. The molecule has 1 aromatic carbocycles. The topological polar surface area (TPSA) is 102 Å². The van der Waals surface area contributed by atoms with E-state index in [1.807, 2.05) is 0 Å². The van der Waals surface area contributed by atoms with Crippen molar-refractivity contribution in [2.75, 3.05) is 26.3 Å². The number of aliphatic hydroxyl groups excluding tert-OH is 1. The van der Waals surface area contributed by atoms with Crippen LogP contribution in [0.5, 0.6) is 5.75 Å². The van der Waals surface area contributed by atoms with Crippen LogP contribution in [0, 0.1) is 5.82 Å². The Labute approximate surface area is 221 Å². The van der Waals surface area contributed by atoms with Crippen LogP contribution in [0.4, 0.5) is 17.6 Å². The normalized spacial score (nSPS) is 17.0. The highest BCUT2D eigenvalue weighted by atomic mass is 35.5. The van der Waals surface area contributed by atoms with Crippen LogP contribution in [0.1, 0.15) is 18.0 Å². The van der Waals surface area contributed by atoms with Crippen molar-refractivity contribution in [3.63, 3.8) is 0 Å². The van der Waals surface area contributed by atoms with Gasteiger partial charge in [-0.3, -0.25) is 9.30 Å². The Morgan fingerprint density at radius 3 is 2.59 bits per heavy atom. The Morgan fingerprint density at radius 2 is 1.92 bits per heavy atom. The maximum absolute atomic E-state index is 14.1. The number of alkyl halides is 3. The molecule has 1 saturated heterocycles. The molecule has 0 radical (unpaired) electrons. The summed E-state index contributed by atoms with van der Waals surface area (Å²) in [6, 6.07) is 6.39. The quantitative estimate of drug-likeness (QED) is 0.343. The van der Waals surface area contributed by atoms with E-state index >= 15 is 0 Å². The van der Waals surface area contributed by atoms with Gasteiger partial charge < -0.3 is 15.6 Å². The van der Waals surface area contributed by atoms with Gasteiger partial charge in [-0.15, -0.1) is 35.0 Å². The summed E-state index contributed by atoms with van der Waals surface area (Å²) in [6.07, 6.45) is -2.64. The smallest absolute Gasteiger partial charge is 0.408 e. The number of aliphatic hydroxyl groups is 1. The molecule has 37 heavy (non-hydrogen) atoms. The first kappa shape index (κ1) is 28.8. The van der Waals surface area contributed by atoms with Gasteiger partial charge in [0, 0.05) is 36.8 Å². The van der Waals surface area contributed by atoms with E-state index in [-0.39, 0.29) is 74.3 Å². The van der Waals surface area contributed by atoms with Gasteiger partial charge in [0.1, 0.15) is 35.4 Å². The fourth-order valence-corrected chi connectivity index (χ4v) is 4.46. The van der Waals surface area contributed by atoms with Crippen LogP contribution in [0.2, 0.25) is 0 Å². The molecule has 0 amide bonds. The largest absolute Gasteiger partial charge is 0.489 e. The van der Waals surface area contributed by atoms with Crippen LogP contribution in [0.25, 0.3) is 28.1 Å². The fraction of sp³-hybridized carbons (Fsp3) is 0.348. The highest BCUT2D eigenvalue weighted by Gasteiger charge is 2.46. The number of rotatable bonds is 6. The predicted molar refractivity (Wildman–Crippen MR) is 134 cm³/mol. The molecule has 8 nitrogen and oxygen atoms in total. The maximum Gasteiger partial charge on any atom is 0.408 e. The molecule has 4 aromatic rings. The van der Waals surface area contributed by atoms with Crippen molar-refractivity contribution in [3.8, 4) is 17.3 Å². The molecule has 0 aliphatic carbocycles. The average Bonchev–Trinajstić information content (AvgIpc) is 3.42. The van der Waals surface area contributed by atoms with E-state index in [0.717, 1.165) is 6.07 Å². The number of halogens is 6. The monoisotopic (exact) mass is 562 g/mol. The van der Waals surface area contributed by atoms with Crippen molar-refractivity contribution < 1.29 is 27.4 Å². The zero-order valence-corrected chi connectivity index (χ0v) is 20.9. The lowest BCUT2D eigenvalue weighted by molar-refractivity contribution is -0.183. The molecule has 1 aliphatic rings. The first-order valence-corrected chi connectivity index (χ1v) is 11.0. The number of benzene rings is 1. The van der Waals surface area contributed by atoms with Crippen LogP contribution < -0.4 is 10.5 Å². The molecule has 2 atom stereocenters. The molecule has 0 spiro atoms. The van der Waals surface area contributed by atoms with Crippen molar-refractivity contribution in [3.05, 3.63) is 54.0 Å². The molecular weight excluding hydrogens is 539 g/mol. The van der Waals surface area contributed by atoms with Crippen LogP contribution in [0.3, 0.4) is 0 Å². The van der Waals surface area contributed by atoms with Crippen LogP contribution >= 0.6 is 24.8 Å². The molecule has 3 aromatic heterocycles. The van der Waals surface area contributed by atoms with E-state index in [4.69, 9.17) is 15.6 Å². The van der Waals surface area contributed by atoms with E-state index in [1.54, 1.807) is 12.1 Å². The summed E-state index contributed by atoms with van der Waals surface area (Å²) in [4.78, 5) is 5.86. The van der Waals surface area contributed by atoms with E-state index in [2.05, 4.69) is 15.2 Å². The summed E-state index contributed by atoms with van der Waals surface area (Å²) >= 11 is 0. The third kappa shape index (κ3) is 5.73. The van der Waals surface area contributed by atoms with Crippen molar-refractivity contribution >= 4 is 41.4 Å². The Balaban J connectivity index is 0.00000190. The third-order valence-corrected chi connectivity index (χ3v) is 5.97. The number of pyridine rings is 2. The summed E-state index contributed by atoms with van der Waals surface area (Å²) in [7, 11) is 0. The van der Waals surface area contributed by atoms with Gasteiger partial charge >= 0.3 is 6.18 Å². The molecule has 5 rings (SSSR count). The van der Waals surface area contributed by atoms with Gasteiger partial charge in [0.25, 0.3) is 0 Å². The summed E-state index contributed by atoms with van der Waals surface area (Å²) in [6.45, 7) is 0.0761. The summed E-state index contributed by atoms with van der Waals surface area (Å²) in [5, 5.41) is 17.7. The van der Waals surface area contributed by atoms with Crippen molar-refractivity contribution in [2.24, 2.45) is 5.73 Å². The van der Waals surface area contributed by atoms with Gasteiger partial charge in [-0.25, -0.2) is 9.37 Å². The van der Waals surface area contributed by atoms with Gasteiger partial charge in [0.05, 0.1) is 6.61 Å². The molecule has 200 valence electrons. The molecule has 1 fully saturated rings. The third-order valence-electron chi connectivity index (χ3n) is 5.97. The van der Waals surface area contributed by atoms with Gasteiger partial charge in [-0.2, -0.15) is 13.2 Å². The summed E-state index contributed by atoms with van der Waals surface area (Å²) < 4.78 is 63.1. The minimum absolute atomic E-state index is 0. The number of aromatic nitrogens is 4. The molecule has 0 bridgehead atoms. The second-order valence-electron chi connectivity index (χ2n) is 8.45. The molecule has 1 unspecified atom stereocenters. The first-order valence-electron chi connectivity index (χ1n) is 11.0.